The summed E-state index contributed by atoms with van der Waals surface area (Å²) in [6.45, 7) is 5.90. The maximum atomic E-state index is 12.3. The van der Waals surface area contributed by atoms with Crippen molar-refractivity contribution in [1.29, 1.82) is 5.26 Å². The number of aromatic nitrogens is 2. The molecule has 3 aromatic heterocycles. The van der Waals surface area contributed by atoms with Crippen LogP contribution in [-0.2, 0) is 0 Å². The van der Waals surface area contributed by atoms with E-state index in [0.29, 0.717) is 21.6 Å². The van der Waals surface area contributed by atoms with Gasteiger partial charge in [0.2, 0.25) is 0 Å². The van der Waals surface area contributed by atoms with Gasteiger partial charge >= 0.3 is 0 Å². The summed E-state index contributed by atoms with van der Waals surface area (Å²) >= 11 is 3.08. The van der Waals surface area contributed by atoms with Crippen molar-refractivity contribution < 1.29 is 0 Å². The Kier molecular flexibility index (Phi) is 3.69. The van der Waals surface area contributed by atoms with E-state index in [1.165, 1.54) is 16.2 Å². The molecule has 0 amide bonds. The summed E-state index contributed by atoms with van der Waals surface area (Å²) in [6, 6.07) is 6.08. The van der Waals surface area contributed by atoms with Gasteiger partial charge in [-0.05, 0) is 44.5 Å². The SMILES string of the molecule is Cc1ccc(/C=C(\C#N)c2nc3sc(C)c(C)c3c(=O)[nH]2)s1. The molecule has 1 N–H and O–H groups in total. The lowest BCUT2D eigenvalue weighted by Gasteiger charge is -1.99. The number of aryl methyl sites for hydroxylation is 3. The lowest BCUT2D eigenvalue weighted by atomic mass is 10.2. The third-order valence-electron chi connectivity index (χ3n) is 3.46. The number of fused-ring (bicyclic) bond motifs is 1. The molecule has 0 saturated heterocycles. The Balaban J connectivity index is 2.18. The molecular formula is C16H13N3OS2. The van der Waals surface area contributed by atoms with Crippen LogP contribution in [0, 0.1) is 32.1 Å². The van der Waals surface area contributed by atoms with Gasteiger partial charge in [0.1, 0.15) is 10.9 Å². The molecule has 0 radical (unpaired) electrons. The smallest absolute Gasteiger partial charge is 0.260 e. The normalized spacial score (nSPS) is 11.8. The Hall–Kier alpha value is -2.23. The van der Waals surface area contributed by atoms with Gasteiger partial charge in [-0.1, -0.05) is 0 Å². The zero-order chi connectivity index (χ0) is 15.9. The second kappa shape index (κ2) is 5.52. The molecule has 3 heterocycles. The molecule has 0 aliphatic heterocycles. The number of thiophene rings is 2. The van der Waals surface area contributed by atoms with Gasteiger partial charge in [-0.3, -0.25) is 4.79 Å². The first-order valence-corrected chi connectivity index (χ1v) is 8.31. The lowest BCUT2D eigenvalue weighted by molar-refractivity contribution is 1.13. The van der Waals surface area contributed by atoms with Crippen molar-refractivity contribution >= 4 is 44.5 Å². The summed E-state index contributed by atoms with van der Waals surface area (Å²) in [5.41, 5.74) is 1.13. The molecule has 3 rings (SSSR count). The van der Waals surface area contributed by atoms with Gasteiger partial charge < -0.3 is 4.98 Å². The maximum absolute atomic E-state index is 12.3. The Labute approximate surface area is 135 Å². The van der Waals surface area contributed by atoms with E-state index in [0.717, 1.165) is 15.3 Å². The summed E-state index contributed by atoms with van der Waals surface area (Å²) in [6.07, 6.45) is 1.76. The van der Waals surface area contributed by atoms with Crippen LogP contribution in [0.4, 0.5) is 0 Å². The number of aromatic amines is 1. The molecule has 0 saturated carbocycles. The summed E-state index contributed by atoms with van der Waals surface area (Å²) < 4.78 is 0. The number of hydrogen-bond acceptors (Lipinski definition) is 5. The van der Waals surface area contributed by atoms with Gasteiger partial charge in [0.05, 0.1) is 11.0 Å². The highest BCUT2D eigenvalue weighted by atomic mass is 32.1. The van der Waals surface area contributed by atoms with Crippen molar-refractivity contribution in [1.82, 2.24) is 9.97 Å². The Morgan fingerprint density at radius 2 is 2.09 bits per heavy atom. The van der Waals surface area contributed by atoms with Crippen molar-refractivity contribution in [2.24, 2.45) is 0 Å². The molecule has 6 heteroatoms. The molecule has 0 aromatic carbocycles. The Morgan fingerprint density at radius 3 is 2.73 bits per heavy atom. The first-order chi connectivity index (χ1) is 10.5. The third kappa shape index (κ3) is 2.49. The van der Waals surface area contributed by atoms with Gasteiger partial charge in [0, 0.05) is 14.6 Å². The number of H-pyrrole nitrogens is 1. The van der Waals surface area contributed by atoms with Crippen LogP contribution in [0.1, 0.15) is 26.0 Å². The predicted molar refractivity (Wildman–Crippen MR) is 92.3 cm³/mol. The van der Waals surface area contributed by atoms with Crippen LogP contribution >= 0.6 is 22.7 Å². The minimum Gasteiger partial charge on any atom is -0.305 e. The Bertz CT molecular complexity index is 999. The molecule has 0 aliphatic carbocycles. The van der Waals surface area contributed by atoms with E-state index in [1.54, 1.807) is 17.4 Å². The molecule has 3 aromatic rings. The van der Waals surface area contributed by atoms with E-state index in [9.17, 15) is 10.1 Å². The number of nitrogens with zero attached hydrogens (tertiary/aromatic N) is 2. The van der Waals surface area contributed by atoms with E-state index in [4.69, 9.17) is 0 Å². The van der Waals surface area contributed by atoms with Crippen LogP contribution in [0.25, 0.3) is 21.9 Å². The summed E-state index contributed by atoms with van der Waals surface area (Å²) in [5.74, 6) is 0.326. The van der Waals surface area contributed by atoms with E-state index in [1.807, 2.05) is 32.9 Å². The lowest BCUT2D eigenvalue weighted by Crippen LogP contribution is -2.10. The summed E-state index contributed by atoms with van der Waals surface area (Å²) in [5, 5.41) is 10.0. The van der Waals surface area contributed by atoms with E-state index in [-0.39, 0.29) is 5.56 Å². The minimum absolute atomic E-state index is 0.189. The van der Waals surface area contributed by atoms with Crippen molar-refractivity contribution in [3.8, 4) is 6.07 Å². The van der Waals surface area contributed by atoms with Gasteiger partial charge in [-0.25, -0.2) is 4.98 Å². The first kappa shape index (κ1) is 14.7. The fourth-order valence-corrected chi connectivity index (χ4v) is 4.06. The van der Waals surface area contributed by atoms with Crippen molar-refractivity contribution in [2.45, 2.75) is 20.8 Å². The van der Waals surface area contributed by atoms with Crippen LogP contribution in [0.15, 0.2) is 16.9 Å². The van der Waals surface area contributed by atoms with Gasteiger partial charge in [-0.15, -0.1) is 22.7 Å². The number of rotatable bonds is 2. The number of nitriles is 1. The Morgan fingerprint density at radius 1 is 1.32 bits per heavy atom. The quantitative estimate of drug-likeness (QED) is 0.722. The average molecular weight is 327 g/mol. The molecule has 22 heavy (non-hydrogen) atoms. The fraction of sp³-hybridized carbons (Fsp3) is 0.188. The number of allylic oxidation sites excluding steroid dienone is 1. The van der Waals surface area contributed by atoms with E-state index >= 15 is 0 Å². The topological polar surface area (TPSA) is 69.5 Å². The van der Waals surface area contributed by atoms with E-state index in [2.05, 4.69) is 16.0 Å². The third-order valence-corrected chi connectivity index (χ3v) is 5.51. The fourth-order valence-electron chi connectivity index (χ4n) is 2.21. The van der Waals surface area contributed by atoms with Crippen LogP contribution in [0.3, 0.4) is 0 Å². The molecule has 0 atom stereocenters. The standard InChI is InChI=1S/C16H13N3OS2/c1-8-4-5-12(21-8)6-11(7-17)14-18-15(20)13-9(2)10(3)22-16(13)19-14/h4-6H,1-3H3,(H,18,19,20)/b11-6+. The van der Waals surface area contributed by atoms with Crippen molar-refractivity contribution in [3.05, 3.63) is 48.5 Å². The number of hydrogen-bond donors (Lipinski definition) is 1. The average Bonchev–Trinajstić information content (AvgIpc) is 3.00. The van der Waals surface area contributed by atoms with Crippen LogP contribution < -0.4 is 5.56 Å². The van der Waals surface area contributed by atoms with Crippen LogP contribution in [0.2, 0.25) is 0 Å². The van der Waals surface area contributed by atoms with Crippen LogP contribution in [-0.4, -0.2) is 9.97 Å². The highest BCUT2D eigenvalue weighted by molar-refractivity contribution is 7.18. The van der Waals surface area contributed by atoms with Gasteiger partial charge in [-0.2, -0.15) is 5.26 Å². The minimum atomic E-state index is -0.189. The molecule has 0 unspecified atom stereocenters. The van der Waals surface area contributed by atoms with Crippen LogP contribution in [0.5, 0.6) is 0 Å². The molecule has 0 fully saturated rings. The monoisotopic (exact) mass is 327 g/mol. The maximum Gasteiger partial charge on any atom is 0.260 e. The molecule has 0 spiro atoms. The summed E-state index contributed by atoms with van der Waals surface area (Å²) in [7, 11) is 0. The van der Waals surface area contributed by atoms with Gasteiger partial charge in [0.25, 0.3) is 5.56 Å². The highest BCUT2D eigenvalue weighted by Crippen LogP contribution is 2.27. The second-order valence-electron chi connectivity index (χ2n) is 5.00. The predicted octanol–water partition coefficient (Wildman–Crippen LogP) is 4.04. The molecular weight excluding hydrogens is 314 g/mol. The number of nitrogens with one attached hydrogen (secondary N) is 1. The highest BCUT2D eigenvalue weighted by Gasteiger charge is 2.14. The van der Waals surface area contributed by atoms with Crippen molar-refractivity contribution in [3.63, 3.8) is 0 Å². The zero-order valence-corrected chi connectivity index (χ0v) is 14.0. The van der Waals surface area contributed by atoms with Crippen molar-refractivity contribution in [2.75, 3.05) is 0 Å². The molecule has 0 bridgehead atoms. The zero-order valence-electron chi connectivity index (χ0n) is 12.4. The molecule has 110 valence electrons. The largest absolute Gasteiger partial charge is 0.305 e. The van der Waals surface area contributed by atoms with Gasteiger partial charge in [0.15, 0.2) is 5.82 Å². The molecule has 0 aliphatic rings. The molecule has 4 nitrogen and oxygen atoms in total. The summed E-state index contributed by atoms with van der Waals surface area (Å²) in [4.78, 5) is 23.4. The van der Waals surface area contributed by atoms with E-state index < -0.39 is 0 Å². The second-order valence-corrected chi connectivity index (χ2v) is 7.52. The first-order valence-electron chi connectivity index (χ1n) is 6.68.